The number of carbonyl (C=O) groups is 1. The third kappa shape index (κ3) is 4.36. The fourth-order valence-corrected chi connectivity index (χ4v) is 2.17. The third-order valence-electron chi connectivity index (χ3n) is 3.25. The molecular formula is C17H21NO4. The van der Waals surface area contributed by atoms with E-state index in [2.05, 4.69) is 5.32 Å². The molecular weight excluding hydrogens is 282 g/mol. The number of rotatable bonds is 7. The van der Waals surface area contributed by atoms with E-state index in [1.54, 1.807) is 36.4 Å². The van der Waals surface area contributed by atoms with Gasteiger partial charge in [-0.2, -0.15) is 0 Å². The molecule has 22 heavy (non-hydrogen) atoms. The Labute approximate surface area is 129 Å². The molecule has 0 aliphatic heterocycles. The molecule has 1 aromatic carbocycles. The Kier molecular flexibility index (Phi) is 5.61. The fourth-order valence-electron chi connectivity index (χ4n) is 2.17. The number of benzene rings is 1. The van der Waals surface area contributed by atoms with Gasteiger partial charge in [0.25, 0.3) is 5.91 Å². The van der Waals surface area contributed by atoms with Gasteiger partial charge in [0.2, 0.25) is 0 Å². The lowest BCUT2D eigenvalue weighted by atomic mass is 10.1. The second-order valence-electron chi connectivity index (χ2n) is 5.10. The second kappa shape index (κ2) is 7.66. The monoisotopic (exact) mass is 303 g/mol. The predicted molar refractivity (Wildman–Crippen MR) is 82.8 cm³/mol. The van der Waals surface area contributed by atoms with Gasteiger partial charge in [-0.3, -0.25) is 4.79 Å². The van der Waals surface area contributed by atoms with Crippen molar-refractivity contribution in [1.82, 2.24) is 5.32 Å². The summed E-state index contributed by atoms with van der Waals surface area (Å²) in [7, 11) is 0. The Hall–Kier alpha value is -2.27. The van der Waals surface area contributed by atoms with E-state index in [4.69, 9.17) is 9.15 Å². The number of hydrogen-bond donors (Lipinski definition) is 2. The van der Waals surface area contributed by atoms with E-state index in [9.17, 15) is 9.90 Å². The van der Waals surface area contributed by atoms with Crippen molar-refractivity contribution in [1.29, 1.82) is 0 Å². The molecule has 2 rings (SSSR count). The topological polar surface area (TPSA) is 71.7 Å². The van der Waals surface area contributed by atoms with Crippen molar-refractivity contribution in [2.45, 2.75) is 32.4 Å². The van der Waals surface area contributed by atoms with Gasteiger partial charge in [0.1, 0.15) is 17.6 Å². The zero-order valence-electron chi connectivity index (χ0n) is 12.8. The molecule has 0 aliphatic carbocycles. The molecule has 1 aromatic heterocycles. The first kappa shape index (κ1) is 16.1. The Bertz CT molecular complexity index is 577. The van der Waals surface area contributed by atoms with Gasteiger partial charge < -0.3 is 19.6 Å². The molecule has 2 atom stereocenters. The Balaban J connectivity index is 1.87. The number of aliphatic hydroxyl groups is 1. The summed E-state index contributed by atoms with van der Waals surface area (Å²) >= 11 is 0. The van der Waals surface area contributed by atoms with Crippen molar-refractivity contribution < 1.29 is 19.1 Å². The molecule has 0 bridgehead atoms. The Morgan fingerprint density at radius 2 is 2.05 bits per heavy atom. The van der Waals surface area contributed by atoms with Gasteiger partial charge >= 0.3 is 0 Å². The molecule has 2 N–H and O–H groups in total. The van der Waals surface area contributed by atoms with Crippen LogP contribution in [0.15, 0.2) is 47.1 Å². The van der Waals surface area contributed by atoms with Crippen LogP contribution in [0.5, 0.6) is 5.75 Å². The van der Waals surface area contributed by atoms with Gasteiger partial charge in [0.05, 0.1) is 12.9 Å². The lowest BCUT2D eigenvalue weighted by Crippen LogP contribution is -2.33. The summed E-state index contributed by atoms with van der Waals surface area (Å²) in [5, 5.41) is 12.9. The molecule has 0 fully saturated rings. The van der Waals surface area contributed by atoms with E-state index >= 15 is 0 Å². The van der Waals surface area contributed by atoms with Crippen LogP contribution in [0.1, 0.15) is 42.5 Å². The maximum absolute atomic E-state index is 12.1. The molecule has 118 valence electrons. The summed E-state index contributed by atoms with van der Waals surface area (Å²) < 4.78 is 10.5. The highest BCUT2D eigenvalue weighted by Gasteiger charge is 2.17. The van der Waals surface area contributed by atoms with E-state index in [0.717, 1.165) is 5.75 Å². The third-order valence-corrected chi connectivity index (χ3v) is 3.25. The first-order valence-corrected chi connectivity index (χ1v) is 7.35. The van der Waals surface area contributed by atoms with E-state index in [0.29, 0.717) is 24.4 Å². The molecule has 5 nitrogen and oxygen atoms in total. The Morgan fingerprint density at radius 1 is 1.32 bits per heavy atom. The molecule has 2 unspecified atom stereocenters. The fraction of sp³-hybridized carbons (Fsp3) is 0.353. The van der Waals surface area contributed by atoms with E-state index in [1.165, 1.54) is 6.26 Å². The van der Waals surface area contributed by atoms with Crippen LogP contribution in [-0.2, 0) is 0 Å². The largest absolute Gasteiger partial charge is 0.494 e. The van der Waals surface area contributed by atoms with Crippen molar-refractivity contribution in [3.05, 3.63) is 54.0 Å². The highest BCUT2D eigenvalue weighted by atomic mass is 16.5. The summed E-state index contributed by atoms with van der Waals surface area (Å²) in [6.07, 6.45) is 1.17. The number of carbonyl (C=O) groups excluding carboxylic acids is 1. The van der Waals surface area contributed by atoms with Gasteiger partial charge in [0, 0.05) is 18.0 Å². The molecule has 0 spiro atoms. The summed E-state index contributed by atoms with van der Waals surface area (Å²) in [6, 6.07) is 10.2. The standard InChI is InChI=1S/C17H21NO4/c1-3-21-14-8-6-13(7-9-14)17(20)18-12(2)11-15(19)16-5-4-10-22-16/h4-10,12,15,19H,3,11H2,1-2H3,(H,18,20). The SMILES string of the molecule is CCOc1ccc(C(=O)NC(C)CC(O)c2ccco2)cc1. The second-order valence-corrected chi connectivity index (χ2v) is 5.10. The lowest BCUT2D eigenvalue weighted by Gasteiger charge is -2.16. The number of hydrogen-bond acceptors (Lipinski definition) is 4. The van der Waals surface area contributed by atoms with Crippen molar-refractivity contribution >= 4 is 5.91 Å². The number of nitrogens with one attached hydrogen (secondary N) is 1. The average molecular weight is 303 g/mol. The molecule has 1 amide bonds. The van der Waals surface area contributed by atoms with Gasteiger partial charge in [0.15, 0.2) is 0 Å². The van der Waals surface area contributed by atoms with Crippen LogP contribution in [0.25, 0.3) is 0 Å². The van der Waals surface area contributed by atoms with E-state index in [1.807, 2.05) is 13.8 Å². The zero-order valence-corrected chi connectivity index (χ0v) is 12.8. The number of ether oxygens (including phenoxy) is 1. The zero-order chi connectivity index (χ0) is 15.9. The summed E-state index contributed by atoms with van der Waals surface area (Å²) in [6.45, 7) is 4.35. The van der Waals surface area contributed by atoms with Crippen molar-refractivity contribution in [2.75, 3.05) is 6.61 Å². The van der Waals surface area contributed by atoms with Crippen molar-refractivity contribution in [2.24, 2.45) is 0 Å². The molecule has 0 saturated heterocycles. The molecule has 5 heteroatoms. The summed E-state index contributed by atoms with van der Waals surface area (Å²) in [5.41, 5.74) is 0.558. The van der Waals surface area contributed by atoms with Crippen LogP contribution in [0.2, 0.25) is 0 Å². The first-order valence-electron chi connectivity index (χ1n) is 7.35. The lowest BCUT2D eigenvalue weighted by molar-refractivity contribution is 0.0903. The minimum Gasteiger partial charge on any atom is -0.494 e. The van der Waals surface area contributed by atoms with Crippen LogP contribution in [0, 0.1) is 0 Å². The highest BCUT2D eigenvalue weighted by molar-refractivity contribution is 5.94. The van der Waals surface area contributed by atoms with Crippen LogP contribution < -0.4 is 10.1 Å². The van der Waals surface area contributed by atoms with Crippen LogP contribution >= 0.6 is 0 Å². The van der Waals surface area contributed by atoms with Crippen molar-refractivity contribution in [3.8, 4) is 5.75 Å². The first-order chi connectivity index (χ1) is 10.6. The van der Waals surface area contributed by atoms with Gasteiger partial charge in [-0.05, 0) is 50.2 Å². The number of aliphatic hydroxyl groups excluding tert-OH is 1. The van der Waals surface area contributed by atoms with Crippen LogP contribution in [0.4, 0.5) is 0 Å². The van der Waals surface area contributed by atoms with E-state index in [-0.39, 0.29) is 11.9 Å². The van der Waals surface area contributed by atoms with Gasteiger partial charge in [-0.15, -0.1) is 0 Å². The molecule has 0 aliphatic rings. The number of furan rings is 1. The smallest absolute Gasteiger partial charge is 0.251 e. The van der Waals surface area contributed by atoms with Crippen molar-refractivity contribution in [3.63, 3.8) is 0 Å². The molecule has 1 heterocycles. The van der Waals surface area contributed by atoms with Gasteiger partial charge in [-0.25, -0.2) is 0 Å². The highest BCUT2D eigenvalue weighted by Crippen LogP contribution is 2.19. The van der Waals surface area contributed by atoms with Crippen LogP contribution in [-0.4, -0.2) is 23.7 Å². The molecule has 2 aromatic rings. The molecule has 0 saturated carbocycles. The van der Waals surface area contributed by atoms with Crippen LogP contribution in [0.3, 0.4) is 0 Å². The van der Waals surface area contributed by atoms with E-state index < -0.39 is 6.10 Å². The maximum Gasteiger partial charge on any atom is 0.251 e. The quantitative estimate of drug-likeness (QED) is 0.825. The predicted octanol–water partition coefficient (Wildman–Crippen LogP) is 2.92. The minimum absolute atomic E-state index is 0.179. The number of amides is 1. The summed E-state index contributed by atoms with van der Waals surface area (Å²) in [4.78, 5) is 12.1. The molecule has 0 radical (unpaired) electrons. The maximum atomic E-state index is 12.1. The average Bonchev–Trinajstić information content (AvgIpc) is 3.02. The Morgan fingerprint density at radius 3 is 2.64 bits per heavy atom. The summed E-state index contributed by atoms with van der Waals surface area (Å²) in [5.74, 6) is 1.06. The minimum atomic E-state index is -0.731. The normalized spacial score (nSPS) is 13.4. The van der Waals surface area contributed by atoms with Gasteiger partial charge in [-0.1, -0.05) is 0 Å².